The molecule has 1 N–H and O–H groups in total. The Morgan fingerprint density at radius 1 is 1.50 bits per heavy atom. The van der Waals surface area contributed by atoms with Gasteiger partial charge in [0.25, 0.3) is 0 Å². The van der Waals surface area contributed by atoms with Crippen LogP contribution in [0, 0.1) is 5.92 Å². The molecule has 0 aromatic carbocycles. The lowest BCUT2D eigenvalue weighted by Crippen LogP contribution is -2.42. The number of carboxylic acids is 1. The molecule has 0 bridgehead atoms. The number of aliphatic carboxylic acids is 1. The molecular formula is C12H23NO3. The fraction of sp³-hybridized carbons (Fsp3) is 0.917. The van der Waals surface area contributed by atoms with Crippen molar-refractivity contribution in [1.29, 1.82) is 0 Å². The Morgan fingerprint density at radius 2 is 2.12 bits per heavy atom. The van der Waals surface area contributed by atoms with E-state index in [0.717, 1.165) is 39.1 Å². The molecule has 1 aliphatic heterocycles. The molecule has 1 heterocycles. The first-order valence-electron chi connectivity index (χ1n) is 6.17. The molecule has 0 aromatic rings. The highest BCUT2D eigenvalue weighted by Crippen LogP contribution is 2.21. The van der Waals surface area contributed by atoms with Gasteiger partial charge in [-0.05, 0) is 45.7 Å². The summed E-state index contributed by atoms with van der Waals surface area (Å²) in [5, 5.41) is 8.72. The van der Waals surface area contributed by atoms with Crippen molar-refractivity contribution in [3.63, 3.8) is 0 Å². The average Bonchev–Trinajstić information content (AvgIpc) is 2.26. The number of likely N-dealkylation sites (tertiary alicyclic amines) is 1. The normalized spacial score (nSPS) is 20.9. The Kier molecular flexibility index (Phi) is 5.77. The lowest BCUT2D eigenvalue weighted by molar-refractivity contribution is -0.138. The number of nitrogens with zero attached hydrogens (tertiary/aromatic N) is 1. The molecule has 0 saturated carbocycles. The number of carboxylic acid groups (broad SMARTS) is 1. The summed E-state index contributed by atoms with van der Waals surface area (Å²) in [5.41, 5.74) is 0. The van der Waals surface area contributed by atoms with Crippen LogP contribution in [0.15, 0.2) is 0 Å². The van der Waals surface area contributed by atoms with Gasteiger partial charge >= 0.3 is 5.97 Å². The molecule has 1 saturated heterocycles. The minimum Gasteiger partial charge on any atom is -0.481 e. The highest BCUT2D eigenvalue weighted by atomic mass is 16.5. The zero-order chi connectivity index (χ0) is 12.0. The second kappa shape index (κ2) is 6.86. The van der Waals surface area contributed by atoms with Crippen LogP contribution in [0.3, 0.4) is 0 Å². The maximum Gasteiger partial charge on any atom is 0.303 e. The second-order valence-electron chi connectivity index (χ2n) is 4.59. The van der Waals surface area contributed by atoms with Crippen LogP contribution >= 0.6 is 0 Å². The first-order chi connectivity index (χ1) is 7.63. The Labute approximate surface area is 97.6 Å². The third-order valence-electron chi connectivity index (χ3n) is 3.30. The Balaban J connectivity index is 2.23. The summed E-state index contributed by atoms with van der Waals surface area (Å²) in [6, 6.07) is 0.450. The number of ether oxygens (including phenoxy) is 1. The monoisotopic (exact) mass is 229 g/mol. The quantitative estimate of drug-likeness (QED) is 0.751. The van der Waals surface area contributed by atoms with Gasteiger partial charge in [-0.15, -0.1) is 0 Å². The van der Waals surface area contributed by atoms with Crippen molar-refractivity contribution in [3.05, 3.63) is 0 Å². The van der Waals surface area contributed by atoms with Crippen molar-refractivity contribution < 1.29 is 14.6 Å². The predicted octanol–water partition coefficient (Wildman–Crippen LogP) is 1.60. The third-order valence-corrected chi connectivity index (χ3v) is 3.30. The van der Waals surface area contributed by atoms with Gasteiger partial charge in [0.2, 0.25) is 0 Å². The summed E-state index contributed by atoms with van der Waals surface area (Å²) >= 11 is 0. The second-order valence-corrected chi connectivity index (χ2v) is 4.59. The summed E-state index contributed by atoms with van der Waals surface area (Å²) < 4.78 is 5.40. The van der Waals surface area contributed by atoms with Crippen molar-refractivity contribution in [2.24, 2.45) is 5.92 Å². The van der Waals surface area contributed by atoms with Crippen molar-refractivity contribution in [3.8, 4) is 0 Å². The van der Waals surface area contributed by atoms with E-state index in [0.29, 0.717) is 18.4 Å². The van der Waals surface area contributed by atoms with Crippen molar-refractivity contribution in [1.82, 2.24) is 4.90 Å². The van der Waals surface area contributed by atoms with Gasteiger partial charge in [-0.3, -0.25) is 9.69 Å². The van der Waals surface area contributed by atoms with E-state index in [1.165, 1.54) is 0 Å². The van der Waals surface area contributed by atoms with Crippen molar-refractivity contribution in [2.75, 3.05) is 26.3 Å². The minimum absolute atomic E-state index is 0.327. The van der Waals surface area contributed by atoms with Crippen molar-refractivity contribution in [2.45, 2.75) is 39.2 Å². The number of carbonyl (C=O) groups is 1. The fourth-order valence-electron chi connectivity index (χ4n) is 2.24. The van der Waals surface area contributed by atoms with Crippen LogP contribution in [0.1, 0.15) is 33.1 Å². The maximum absolute atomic E-state index is 10.6. The molecule has 1 fully saturated rings. The molecule has 0 aromatic heterocycles. The summed E-state index contributed by atoms with van der Waals surface area (Å²) in [5.74, 6) is -0.297. The van der Waals surface area contributed by atoms with Crippen LogP contribution in [-0.2, 0) is 9.53 Å². The highest BCUT2D eigenvalue weighted by Gasteiger charge is 2.23. The van der Waals surface area contributed by atoms with E-state index >= 15 is 0 Å². The SMILES string of the molecule is CCOCC(C)N1CCC(CC(=O)O)CC1. The van der Waals surface area contributed by atoms with Gasteiger partial charge in [0.05, 0.1) is 6.61 Å². The molecule has 1 aliphatic rings. The Hall–Kier alpha value is -0.610. The Bertz CT molecular complexity index is 212. The molecular weight excluding hydrogens is 206 g/mol. The molecule has 4 heteroatoms. The van der Waals surface area contributed by atoms with Gasteiger partial charge in [0.1, 0.15) is 0 Å². The molecule has 1 rings (SSSR count). The topological polar surface area (TPSA) is 49.8 Å². The lowest BCUT2D eigenvalue weighted by Gasteiger charge is -2.35. The van der Waals surface area contributed by atoms with Crippen LogP contribution < -0.4 is 0 Å². The molecule has 1 unspecified atom stereocenters. The van der Waals surface area contributed by atoms with E-state index in [1.54, 1.807) is 0 Å². The maximum atomic E-state index is 10.6. The zero-order valence-electron chi connectivity index (χ0n) is 10.3. The zero-order valence-corrected chi connectivity index (χ0v) is 10.3. The standard InChI is InChI=1S/C12H23NO3/c1-3-16-9-10(2)13-6-4-11(5-7-13)8-12(14)15/h10-11H,3-9H2,1-2H3,(H,14,15). The van der Waals surface area contributed by atoms with E-state index in [4.69, 9.17) is 9.84 Å². The summed E-state index contributed by atoms with van der Waals surface area (Å²) in [4.78, 5) is 13.0. The molecule has 0 spiro atoms. The first kappa shape index (κ1) is 13.5. The van der Waals surface area contributed by atoms with Gasteiger partial charge in [0.15, 0.2) is 0 Å². The van der Waals surface area contributed by atoms with E-state index in [2.05, 4.69) is 11.8 Å². The van der Waals surface area contributed by atoms with Crippen LogP contribution in [0.2, 0.25) is 0 Å². The highest BCUT2D eigenvalue weighted by molar-refractivity contribution is 5.67. The lowest BCUT2D eigenvalue weighted by atomic mass is 9.93. The predicted molar refractivity (Wildman–Crippen MR) is 62.5 cm³/mol. The molecule has 0 amide bonds. The van der Waals surface area contributed by atoms with E-state index in [9.17, 15) is 4.79 Å². The van der Waals surface area contributed by atoms with E-state index < -0.39 is 5.97 Å². The molecule has 4 nitrogen and oxygen atoms in total. The fourth-order valence-corrected chi connectivity index (χ4v) is 2.24. The number of rotatable bonds is 6. The van der Waals surface area contributed by atoms with Gasteiger partial charge < -0.3 is 9.84 Å². The van der Waals surface area contributed by atoms with E-state index in [1.807, 2.05) is 6.92 Å². The number of hydrogen-bond acceptors (Lipinski definition) is 3. The molecule has 1 atom stereocenters. The molecule has 0 aliphatic carbocycles. The van der Waals surface area contributed by atoms with Crippen LogP contribution in [0.4, 0.5) is 0 Å². The summed E-state index contributed by atoms with van der Waals surface area (Å²) in [6.07, 6.45) is 2.33. The van der Waals surface area contributed by atoms with Crippen LogP contribution in [0.25, 0.3) is 0 Å². The molecule has 16 heavy (non-hydrogen) atoms. The van der Waals surface area contributed by atoms with Gasteiger partial charge in [-0.2, -0.15) is 0 Å². The van der Waals surface area contributed by atoms with Gasteiger partial charge in [-0.1, -0.05) is 0 Å². The summed E-state index contributed by atoms with van der Waals surface area (Å²) in [6.45, 7) is 7.73. The Morgan fingerprint density at radius 3 is 2.62 bits per heavy atom. The third kappa shape index (κ3) is 4.49. The van der Waals surface area contributed by atoms with Gasteiger partial charge in [-0.25, -0.2) is 0 Å². The average molecular weight is 229 g/mol. The summed E-state index contributed by atoms with van der Waals surface area (Å²) in [7, 11) is 0. The van der Waals surface area contributed by atoms with Crippen molar-refractivity contribution >= 4 is 5.97 Å². The minimum atomic E-state index is -0.666. The van der Waals surface area contributed by atoms with Crippen LogP contribution in [0.5, 0.6) is 0 Å². The molecule has 94 valence electrons. The van der Waals surface area contributed by atoms with Gasteiger partial charge in [0, 0.05) is 19.1 Å². The molecule has 0 radical (unpaired) electrons. The first-order valence-corrected chi connectivity index (χ1v) is 6.17. The van der Waals surface area contributed by atoms with E-state index in [-0.39, 0.29) is 0 Å². The smallest absolute Gasteiger partial charge is 0.303 e. The number of hydrogen-bond donors (Lipinski definition) is 1. The number of piperidine rings is 1. The largest absolute Gasteiger partial charge is 0.481 e. The van der Waals surface area contributed by atoms with Crippen LogP contribution in [-0.4, -0.2) is 48.3 Å².